The van der Waals surface area contributed by atoms with Crippen LogP contribution in [-0.4, -0.2) is 42.0 Å². The number of benzene rings is 2. The topological polar surface area (TPSA) is 151 Å². The van der Waals surface area contributed by atoms with Gasteiger partial charge >= 0.3 is 12.1 Å². The van der Waals surface area contributed by atoms with Crippen LogP contribution in [0.25, 0.3) is 0 Å². The number of rotatable bonds is 12. The summed E-state index contributed by atoms with van der Waals surface area (Å²) in [5.74, 6) is 0. The van der Waals surface area contributed by atoms with Gasteiger partial charge in [-0.3, -0.25) is 0 Å². The molecule has 10 nitrogen and oxygen atoms in total. The van der Waals surface area contributed by atoms with Crippen molar-refractivity contribution in [2.24, 2.45) is 0 Å². The van der Waals surface area contributed by atoms with Crippen molar-refractivity contribution in [3.05, 3.63) is 59.7 Å². The van der Waals surface area contributed by atoms with Gasteiger partial charge in [0.1, 0.15) is 0 Å². The van der Waals surface area contributed by atoms with E-state index in [1.54, 1.807) is 38.1 Å². The lowest BCUT2D eigenvalue weighted by Gasteiger charge is -2.10. The molecule has 0 saturated heterocycles. The minimum absolute atomic E-state index is 0.0303. The van der Waals surface area contributed by atoms with E-state index in [0.29, 0.717) is 25.9 Å². The average molecular weight is 525 g/mol. The average Bonchev–Trinajstić information content (AvgIpc) is 2.77. The van der Waals surface area contributed by atoms with Crippen LogP contribution in [0.3, 0.4) is 0 Å². The van der Waals surface area contributed by atoms with Crippen molar-refractivity contribution >= 4 is 32.1 Å². The SMILES string of the molecule is Cc1cccc(S(=O)(=O)NC(=O)NCCCCCCCNC(=O)NS(=O)(=O)c2cccc(C)c2)c1. The molecule has 0 aliphatic rings. The second-order valence-electron chi connectivity index (χ2n) is 8.12. The van der Waals surface area contributed by atoms with Crippen LogP contribution >= 0.6 is 0 Å². The van der Waals surface area contributed by atoms with E-state index in [1.807, 2.05) is 9.44 Å². The highest BCUT2D eigenvalue weighted by Gasteiger charge is 2.18. The molecule has 4 N–H and O–H groups in total. The number of urea groups is 2. The second kappa shape index (κ2) is 13.1. The summed E-state index contributed by atoms with van der Waals surface area (Å²) < 4.78 is 52.8. The first-order valence-electron chi connectivity index (χ1n) is 11.2. The molecular formula is C23H32N4O6S2. The Kier molecular flexibility index (Phi) is 10.5. The second-order valence-corrected chi connectivity index (χ2v) is 11.5. The molecule has 0 saturated carbocycles. The van der Waals surface area contributed by atoms with Crippen LogP contribution in [-0.2, 0) is 20.0 Å². The fourth-order valence-electron chi connectivity index (χ4n) is 3.18. The van der Waals surface area contributed by atoms with Gasteiger partial charge in [0.15, 0.2) is 0 Å². The van der Waals surface area contributed by atoms with E-state index < -0.39 is 32.1 Å². The number of amides is 4. The molecule has 12 heteroatoms. The van der Waals surface area contributed by atoms with E-state index in [2.05, 4.69) is 10.6 Å². The normalized spacial score (nSPS) is 11.5. The molecule has 0 radical (unpaired) electrons. The number of hydrogen-bond donors (Lipinski definition) is 4. The Hall–Kier alpha value is -3.12. The first-order valence-corrected chi connectivity index (χ1v) is 14.2. The fraction of sp³-hybridized carbons (Fsp3) is 0.391. The Morgan fingerprint density at radius 3 is 1.37 bits per heavy atom. The molecule has 0 aliphatic heterocycles. The molecule has 0 fully saturated rings. The lowest BCUT2D eigenvalue weighted by atomic mass is 10.1. The van der Waals surface area contributed by atoms with Gasteiger partial charge < -0.3 is 10.6 Å². The Balaban J connectivity index is 1.55. The van der Waals surface area contributed by atoms with Gasteiger partial charge in [0.05, 0.1) is 9.79 Å². The van der Waals surface area contributed by atoms with Crippen LogP contribution in [0.4, 0.5) is 9.59 Å². The smallest absolute Gasteiger partial charge is 0.328 e. The minimum atomic E-state index is -3.92. The Morgan fingerprint density at radius 2 is 1.00 bits per heavy atom. The van der Waals surface area contributed by atoms with E-state index >= 15 is 0 Å². The molecule has 0 aliphatic carbocycles. The zero-order valence-corrected chi connectivity index (χ0v) is 21.5. The van der Waals surface area contributed by atoms with Crippen molar-refractivity contribution < 1.29 is 26.4 Å². The van der Waals surface area contributed by atoms with E-state index in [-0.39, 0.29) is 9.79 Å². The third-order valence-electron chi connectivity index (χ3n) is 4.98. The monoisotopic (exact) mass is 524 g/mol. The highest BCUT2D eigenvalue weighted by molar-refractivity contribution is 7.90. The van der Waals surface area contributed by atoms with Crippen molar-refractivity contribution in [1.29, 1.82) is 0 Å². The van der Waals surface area contributed by atoms with Crippen molar-refractivity contribution in [1.82, 2.24) is 20.1 Å². The van der Waals surface area contributed by atoms with Crippen LogP contribution < -0.4 is 20.1 Å². The third kappa shape index (κ3) is 9.95. The lowest BCUT2D eigenvalue weighted by Crippen LogP contribution is -2.39. The van der Waals surface area contributed by atoms with Gasteiger partial charge in [-0.25, -0.2) is 35.9 Å². The number of nitrogens with one attached hydrogen (secondary N) is 4. The first kappa shape index (κ1) is 28.1. The van der Waals surface area contributed by atoms with Crippen LogP contribution in [0.5, 0.6) is 0 Å². The number of sulfonamides is 2. The summed E-state index contributed by atoms with van der Waals surface area (Å²) >= 11 is 0. The van der Waals surface area contributed by atoms with Crippen molar-refractivity contribution in [2.75, 3.05) is 13.1 Å². The van der Waals surface area contributed by atoms with E-state index in [9.17, 15) is 26.4 Å². The lowest BCUT2D eigenvalue weighted by molar-refractivity contribution is 0.245. The van der Waals surface area contributed by atoms with E-state index in [0.717, 1.165) is 30.4 Å². The van der Waals surface area contributed by atoms with Crippen molar-refractivity contribution in [3.8, 4) is 0 Å². The van der Waals surface area contributed by atoms with Gasteiger partial charge in [-0.1, -0.05) is 43.5 Å². The largest absolute Gasteiger partial charge is 0.337 e. The van der Waals surface area contributed by atoms with Crippen molar-refractivity contribution in [3.63, 3.8) is 0 Å². The van der Waals surface area contributed by atoms with Crippen LogP contribution in [0.2, 0.25) is 0 Å². The molecule has 35 heavy (non-hydrogen) atoms. The predicted octanol–water partition coefficient (Wildman–Crippen LogP) is 2.93. The van der Waals surface area contributed by atoms with Gasteiger partial charge in [-0.2, -0.15) is 0 Å². The summed E-state index contributed by atoms with van der Waals surface area (Å²) in [5.41, 5.74) is 1.55. The number of hydrogen-bond acceptors (Lipinski definition) is 6. The molecule has 192 valence electrons. The number of unbranched alkanes of at least 4 members (excludes halogenated alkanes) is 4. The van der Waals surface area contributed by atoms with Gasteiger partial charge in [-0.05, 0) is 62.1 Å². The summed E-state index contributed by atoms with van der Waals surface area (Å²) in [5, 5.41) is 5.05. The first-order chi connectivity index (χ1) is 16.5. The molecular weight excluding hydrogens is 492 g/mol. The summed E-state index contributed by atoms with van der Waals surface area (Å²) in [4.78, 5) is 23.8. The van der Waals surface area contributed by atoms with Gasteiger partial charge in [-0.15, -0.1) is 0 Å². The van der Waals surface area contributed by atoms with Crippen LogP contribution in [0, 0.1) is 13.8 Å². The zero-order chi connectivity index (χ0) is 25.9. The maximum Gasteiger partial charge on any atom is 0.328 e. The highest BCUT2D eigenvalue weighted by atomic mass is 32.2. The third-order valence-corrected chi connectivity index (χ3v) is 7.64. The van der Waals surface area contributed by atoms with Gasteiger partial charge in [0.25, 0.3) is 20.0 Å². The molecule has 0 bridgehead atoms. The summed E-state index contributed by atoms with van der Waals surface area (Å²) in [6.45, 7) is 4.18. The highest BCUT2D eigenvalue weighted by Crippen LogP contribution is 2.11. The predicted molar refractivity (Wildman–Crippen MR) is 133 cm³/mol. The standard InChI is InChI=1S/C23H32N4O6S2/c1-18-10-8-12-20(16-18)34(30,31)26-22(28)24-14-6-4-3-5-7-15-25-23(29)27-35(32,33)21-13-9-11-19(2)17-21/h8-13,16-17H,3-7,14-15H2,1-2H3,(H2,24,26,28)(H2,25,27,29). The quantitative estimate of drug-likeness (QED) is 0.314. The molecule has 0 heterocycles. The number of carbonyl (C=O) groups is 2. The van der Waals surface area contributed by atoms with E-state index in [1.165, 1.54) is 24.3 Å². The minimum Gasteiger partial charge on any atom is -0.337 e. The Labute approximate surface area is 207 Å². The van der Waals surface area contributed by atoms with E-state index in [4.69, 9.17) is 0 Å². The summed E-state index contributed by atoms with van der Waals surface area (Å²) in [6, 6.07) is 11.0. The Morgan fingerprint density at radius 1 is 0.629 bits per heavy atom. The maximum absolute atomic E-state index is 12.2. The fourth-order valence-corrected chi connectivity index (χ4v) is 5.25. The van der Waals surface area contributed by atoms with Crippen LogP contribution in [0.15, 0.2) is 58.3 Å². The van der Waals surface area contributed by atoms with Gasteiger partial charge in [0, 0.05) is 13.1 Å². The molecule has 0 spiro atoms. The molecule has 0 aromatic heterocycles. The van der Waals surface area contributed by atoms with Crippen LogP contribution in [0.1, 0.15) is 43.2 Å². The van der Waals surface area contributed by atoms with Crippen molar-refractivity contribution in [2.45, 2.75) is 55.7 Å². The molecule has 4 amide bonds. The zero-order valence-electron chi connectivity index (χ0n) is 19.8. The molecule has 2 aromatic carbocycles. The number of carbonyl (C=O) groups excluding carboxylic acids is 2. The maximum atomic E-state index is 12.2. The number of aryl methyl sites for hydroxylation is 2. The molecule has 2 rings (SSSR count). The molecule has 2 aromatic rings. The molecule has 0 atom stereocenters. The summed E-state index contributed by atoms with van der Waals surface area (Å²) in [6.07, 6.45) is 3.79. The van der Waals surface area contributed by atoms with Gasteiger partial charge in [0.2, 0.25) is 0 Å². The molecule has 0 unspecified atom stereocenters. The summed E-state index contributed by atoms with van der Waals surface area (Å²) in [7, 11) is -7.83. The Bertz CT molecular complexity index is 1130.